The van der Waals surface area contributed by atoms with Crippen LogP contribution in [0.4, 0.5) is 4.79 Å². The summed E-state index contributed by atoms with van der Waals surface area (Å²) < 4.78 is 16.0. The van der Waals surface area contributed by atoms with Crippen molar-refractivity contribution < 1.29 is 23.5 Å². The summed E-state index contributed by atoms with van der Waals surface area (Å²) in [5, 5.41) is 7.56. The summed E-state index contributed by atoms with van der Waals surface area (Å²) in [7, 11) is 1.63. The number of furan rings is 1. The van der Waals surface area contributed by atoms with Crippen molar-refractivity contribution in [2.24, 2.45) is 0 Å². The highest BCUT2D eigenvalue weighted by molar-refractivity contribution is 7.10. The lowest BCUT2D eigenvalue weighted by Gasteiger charge is -2.31. The van der Waals surface area contributed by atoms with Gasteiger partial charge in [-0.1, -0.05) is 6.07 Å². The van der Waals surface area contributed by atoms with E-state index in [9.17, 15) is 9.59 Å². The number of carbonyl (C=O) groups excluding carboxylic acids is 2. The van der Waals surface area contributed by atoms with Gasteiger partial charge in [-0.05, 0) is 30.5 Å². The molecule has 2 aromatic rings. The molecule has 1 atom stereocenters. The van der Waals surface area contributed by atoms with Crippen molar-refractivity contribution >= 4 is 23.3 Å². The zero-order valence-corrected chi connectivity index (χ0v) is 17.3. The lowest BCUT2D eigenvalue weighted by molar-refractivity contribution is -0.139. The van der Waals surface area contributed by atoms with Crippen LogP contribution in [-0.4, -0.2) is 50.3 Å². The molecule has 156 valence electrons. The van der Waals surface area contributed by atoms with Crippen LogP contribution < -0.4 is 10.6 Å². The Labute approximate surface area is 173 Å². The lowest BCUT2D eigenvalue weighted by atomic mass is 10.0. The van der Waals surface area contributed by atoms with Crippen LogP contribution in [0.3, 0.4) is 0 Å². The molecule has 9 heteroatoms. The topological polar surface area (TPSA) is 93.0 Å². The minimum atomic E-state index is -0.550. The van der Waals surface area contributed by atoms with Gasteiger partial charge in [0, 0.05) is 30.8 Å². The molecule has 0 bridgehead atoms. The number of hydrogen-bond acceptors (Lipinski definition) is 7. The number of hydrogen-bond donors (Lipinski definition) is 2. The van der Waals surface area contributed by atoms with Crippen LogP contribution in [0.25, 0.3) is 0 Å². The first kappa shape index (κ1) is 21.1. The van der Waals surface area contributed by atoms with Crippen LogP contribution in [0.2, 0.25) is 0 Å². The third kappa shape index (κ3) is 5.47. The van der Waals surface area contributed by atoms with Crippen molar-refractivity contribution in [3.63, 3.8) is 0 Å². The van der Waals surface area contributed by atoms with Gasteiger partial charge < -0.3 is 24.5 Å². The fraction of sp³-hybridized carbons (Fsp3) is 0.400. The second-order valence-corrected chi connectivity index (χ2v) is 7.42. The molecule has 29 heavy (non-hydrogen) atoms. The number of amides is 2. The fourth-order valence-corrected chi connectivity index (χ4v) is 3.93. The molecular formula is C20H25N3O5S. The van der Waals surface area contributed by atoms with Gasteiger partial charge in [0.1, 0.15) is 5.76 Å². The summed E-state index contributed by atoms with van der Waals surface area (Å²) in [6.45, 7) is 3.97. The largest absolute Gasteiger partial charge is 0.468 e. The first-order valence-electron chi connectivity index (χ1n) is 9.37. The van der Waals surface area contributed by atoms with E-state index < -0.39 is 12.0 Å². The normalized spacial score (nSPS) is 16.7. The average Bonchev–Trinajstić information content (AvgIpc) is 3.40. The van der Waals surface area contributed by atoms with Gasteiger partial charge in [0.2, 0.25) is 0 Å². The quantitative estimate of drug-likeness (QED) is 0.575. The van der Waals surface area contributed by atoms with Crippen LogP contribution in [0.5, 0.6) is 0 Å². The third-order valence-corrected chi connectivity index (χ3v) is 5.37. The Morgan fingerprint density at radius 2 is 2.17 bits per heavy atom. The summed E-state index contributed by atoms with van der Waals surface area (Å²) in [6, 6.07) is 6.59. The Morgan fingerprint density at radius 1 is 1.31 bits per heavy atom. The smallest absolute Gasteiger partial charge is 0.338 e. The van der Waals surface area contributed by atoms with Crippen LogP contribution in [0, 0.1) is 0 Å². The molecule has 2 aromatic heterocycles. The second-order valence-electron chi connectivity index (χ2n) is 6.44. The molecule has 0 aromatic carbocycles. The Hall–Kier alpha value is -2.62. The van der Waals surface area contributed by atoms with Gasteiger partial charge in [-0.25, -0.2) is 9.59 Å². The molecule has 0 saturated carbocycles. The standard InChI is InChI=1S/C20H25N3O5S/c1-3-27-19(24)17-15(21-20(25)22-18(17)16-7-5-11-29-16)13-23(8-10-26-2)12-14-6-4-9-28-14/h4-7,9,11,18H,3,8,10,12-13H2,1-2H3,(H2,21,22,25)/t18-/m0/s1. The third-order valence-electron chi connectivity index (χ3n) is 4.43. The zero-order chi connectivity index (χ0) is 20.6. The molecule has 0 spiro atoms. The van der Waals surface area contributed by atoms with Crippen molar-refractivity contribution in [3.05, 3.63) is 57.8 Å². The zero-order valence-electron chi connectivity index (χ0n) is 16.5. The van der Waals surface area contributed by atoms with Crippen LogP contribution >= 0.6 is 11.3 Å². The predicted molar refractivity (Wildman–Crippen MR) is 108 cm³/mol. The van der Waals surface area contributed by atoms with Gasteiger partial charge in [-0.15, -0.1) is 11.3 Å². The number of ether oxygens (including phenoxy) is 2. The second kappa shape index (κ2) is 10.2. The van der Waals surface area contributed by atoms with E-state index in [2.05, 4.69) is 10.6 Å². The highest BCUT2D eigenvalue weighted by Crippen LogP contribution is 2.31. The molecule has 3 heterocycles. The van der Waals surface area contributed by atoms with E-state index in [0.717, 1.165) is 10.6 Å². The van der Waals surface area contributed by atoms with E-state index in [1.165, 1.54) is 11.3 Å². The Kier molecular flexibility index (Phi) is 7.45. The minimum absolute atomic E-state index is 0.251. The number of rotatable bonds is 10. The van der Waals surface area contributed by atoms with Gasteiger partial charge in [0.25, 0.3) is 0 Å². The number of urea groups is 1. The lowest BCUT2D eigenvalue weighted by Crippen LogP contribution is -2.48. The predicted octanol–water partition coefficient (Wildman–Crippen LogP) is 2.66. The molecule has 0 unspecified atom stereocenters. The number of thiophene rings is 1. The molecule has 8 nitrogen and oxygen atoms in total. The molecular weight excluding hydrogens is 394 g/mol. The highest BCUT2D eigenvalue weighted by Gasteiger charge is 2.34. The molecule has 0 radical (unpaired) electrons. The van der Waals surface area contributed by atoms with Crippen LogP contribution in [0.15, 0.2) is 51.6 Å². The van der Waals surface area contributed by atoms with Gasteiger partial charge >= 0.3 is 12.0 Å². The maximum atomic E-state index is 12.8. The fourth-order valence-electron chi connectivity index (χ4n) is 3.14. The molecule has 0 fully saturated rings. The summed E-state index contributed by atoms with van der Waals surface area (Å²) >= 11 is 1.48. The maximum Gasteiger partial charge on any atom is 0.338 e. The molecule has 3 rings (SSSR count). The van der Waals surface area contributed by atoms with E-state index in [1.54, 1.807) is 20.3 Å². The molecule has 2 N–H and O–H groups in total. The van der Waals surface area contributed by atoms with Crippen LogP contribution in [0.1, 0.15) is 23.6 Å². The number of carbonyl (C=O) groups is 2. The minimum Gasteiger partial charge on any atom is -0.468 e. The molecule has 0 aliphatic carbocycles. The summed E-state index contributed by atoms with van der Waals surface area (Å²) in [5.41, 5.74) is 0.934. The first-order valence-corrected chi connectivity index (χ1v) is 10.2. The molecule has 0 saturated heterocycles. The van der Waals surface area contributed by atoms with Crippen molar-refractivity contribution in [3.8, 4) is 0 Å². The Morgan fingerprint density at radius 3 is 2.83 bits per heavy atom. The van der Waals surface area contributed by atoms with E-state index in [0.29, 0.717) is 37.5 Å². The monoisotopic (exact) mass is 419 g/mol. The Balaban J connectivity index is 1.93. The maximum absolute atomic E-state index is 12.8. The number of nitrogens with zero attached hydrogens (tertiary/aromatic N) is 1. The summed E-state index contributed by atoms with van der Waals surface area (Å²) in [4.78, 5) is 28.1. The van der Waals surface area contributed by atoms with Crippen molar-refractivity contribution in [2.45, 2.75) is 19.5 Å². The number of esters is 1. The summed E-state index contributed by atoms with van der Waals surface area (Å²) in [6.07, 6.45) is 1.62. The van der Waals surface area contributed by atoms with E-state index in [1.807, 2.05) is 34.5 Å². The average molecular weight is 420 g/mol. The van der Waals surface area contributed by atoms with Gasteiger partial charge in [-0.3, -0.25) is 4.90 Å². The van der Waals surface area contributed by atoms with Gasteiger partial charge in [-0.2, -0.15) is 0 Å². The number of nitrogens with one attached hydrogen (secondary N) is 2. The van der Waals surface area contributed by atoms with E-state index >= 15 is 0 Å². The number of methoxy groups -OCH3 is 1. The van der Waals surface area contributed by atoms with Gasteiger partial charge in [0.15, 0.2) is 0 Å². The van der Waals surface area contributed by atoms with Crippen molar-refractivity contribution in [2.75, 3.05) is 33.4 Å². The van der Waals surface area contributed by atoms with E-state index in [-0.39, 0.29) is 12.6 Å². The molecule has 1 aliphatic heterocycles. The first-order chi connectivity index (χ1) is 14.1. The van der Waals surface area contributed by atoms with Crippen LogP contribution in [-0.2, 0) is 20.8 Å². The molecule has 2 amide bonds. The summed E-state index contributed by atoms with van der Waals surface area (Å²) in [5.74, 6) is 0.340. The molecule has 1 aliphatic rings. The van der Waals surface area contributed by atoms with E-state index in [4.69, 9.17) is 13.9 Å². The highest BCUT2D eigenvalue weighted by atomic mass is 32.1. The van der Waals surface area contributed by atoms with Gasteiger partial charge in [0.05, 0.1) is 37.6 Å². The van der Waals surface area contributed by atoms with Crippen molar-refractivity contribution in [1.29, 1.82) is 0 Å². The SMILES string of the molecule is CCOC(=O)C1=C(CN(CCOC)Cc2ccco2)NC(=O)N[C@H]1c1cccs1. The van der Waals surface area contributed by atoms with Crippen molar-refractivity contribution in [1.82, 2.24) is 15.5 Å². The Bertz CT molecular complexity index is 832.